The first-order valence-corrected chi connectivity index (χ1v) is 42.8. The molecule has 0 aliphatic carbocycles. The highest BCUT2D eigenvalue weighted by molar-refractivity contribution is 7.47. The molecule has 0 amide bonds. The zero-order valence-electron chi connectivity index (χ0n) is 63.0. The summed E-state index contributed by atoms with van der Waals surface area (Å²) in [6.07, 6.45) is 51.6. The van der Waals surface area contributed by atoms with Gasteiger partial charge in [0.25, 0.3) is 0 Å². The van der Waals surface area contributed by atoms with Crippen molar-refractivity contribution in [2.45, 2.75) is 408 Å². The lowest BCUT2D eigenvalue weighted by Gasteiger charge is -2.21. The minimum absolute atomic E-state index is 0.105. The number of phosphoric acid groups is 2. The molecule has 0 saturated carbocycles. The highest BCUT2D eigenvalue weighted by atomic mass is 31.2. The number of unbranched alkanes of at least 4 members (excludes halogenated alkanes) is 38. The topological polar surface area (TPSA) is 237 Å². The van der Waals surface area contributed by atoms with Gasteiger partial charge in [-0.3, -0.25) is 37.3 Å². The van der Waals surface area contributed by atoms with Crippen molar-refractivity contribution in [2.24, 2.45) is 23.7 Å². The fourth-order valence-electron chi connectivity index (χ4n) is 11.7. The molecular weight excluding hydrogens is 1260 g/mol. The highest BCUT2D eigenvalue weighted by Crippen LogP contribution is 2.45. The second-order valence-corrected chi connectivity index (χ2v) is 32.1. The molecule has 0 aromatic heterocycles. The quantitative estimate of drug-likeness (QED) is 0.0222. The van der Waals surface area contributed by atoms with Crippen molar-refractivity contribution in [3.63, 3.8) is 0 Å². The molecule has 0 bridgehead atoms. The van der Waals surface area contributed by atoms with Crippen molar-refractivity contribution in [2.75, 3.05) is 39.6 Å². The summed E-state index contributed by atoms with van der Waals surface area (Å²) in [6, 6.07) is 0. The number of rotatable bonds is 74. The third-order valence-corrected chi connectivity index (χ3v) is 20.4. The lowest BCUT2D eigenvalue weighted by molar-refractivity contribution is -0.161. The molecule has 3 N–H and O–H groups in total. The molecule has 0 aromatic rings. The Kier molecular flexibility index (Phi) is 65.0. The minimum atomic E-state index is -4.96. The molecule has 0 rings (SSSR count). The first-order valence-electron chi connectivity index (χ1n) is 39.8. The number of aliphatic hydroxyl groups is 1. The molecule has 7 atom stereocenters. The smallest absolute Gasteiger partial charge is 0.462 e. The van der Waals surface area contributed by atoms with E-state index in [4.69, 9.17) is 37.0 Å². The predicted molar refractivity (Wildman–Crippen MR) is 391 cm³/mol. The van der Waals surface area contributed by atoms with Gasteiger partial charge in [-0.15, -0.1) is 0 Å². The summed E-state index contributed by atoms with van der Waals surface area (Å²) < 4.78 is 68.5. The maximum absolute atomic E-state index is 13.1. The van der Waals surface area contributed by atoms with Crippen LogP contribution in [0.15, 0.2) is 0 Å². The second kappa shape index (κ2) is 66.3. The number of phosphoric ester groups is 2. The second-order valence-electron chi connectivity index (χ2n) is 29.2. The Morgan fingerprint density at radius 2 is 0.500 bits per heavy atom. The summed E-state index contributed by atoms with van der Waals surface area (Å²) in [5.41, 5.74) is 0. The Morgan fingerprint density at radius 3 is 0.740 bits per heavy atom. The van der Waals surface area contributed by atoms with E-state index in [2.05, 4.69) is 55.4 Å². The van der Waals surface area contributed by atoms with Crippen molar-refractivity contribution in [3.05, 3.63) is 0 Å². The van der Waals surface area contributed by atoms with Gasteiger partial charge in [-0.2, -0.15) is 0 Å². The van der Waals surface area contributed by atoms with Crippen LogP contribution in [0.4, 0.5) is 0 Å². The molecule has 0 aliphatic rings. The van der Waals surface area contributed by atoms with Crippen LogP contribution in [0.2, 0.25) is 0 Å². The number of esters is 4. The van der Waals surface area contributed by atoms with Gasteiger partial charge in [0.1, 0.15) is 19.3 Å². The van der Waals surface area contributed by atoms with Crippen LogP contribution >= 0.6 is 15.6 Å². The highest BCUT2D eigenvalue weighted by Gasteiger charge is 2.30. The van der Waals surface area contributed by atoms with E-state index in [0.717, 1.165) is 120 Å². The summed E-state index contributed by atoms with van der Waals surface area (Å²) in [6.45, 7) is 14.2. The molecule has 0 aromatic carbocycles. The average molecular weight is 1410 g/mol. The number of carbonyl (C=O) groups is 4. The van der Waals surface area contributed by atoms with E-state index >= 15 is 0 Å². The van der Waals surface area contributed by atoms with Gasteiger partial charge < -0.3 is 33.8 Å². The van der Waals surface area contributed by atoms with E-state index in [0.29, 0.717) is 31.6 Å². The number of ether oxygens (including phenoxy) is 4. The van der Waals surface area contributed by atoms with E-state index in [1.54, 1.807) is 0 Å². The first kappa shape index (κ1) is 94.1. The molecule has 570 valence electrons. The van der Waals surface area contributed by atoms with E-state index in [1.807, 2.05) is 0 Å². The molecule has 19 heteroatoms. The first-order chi connectivity index (χ1) is 46.2. The summed E-state index contributed by atoms with van der Waals surface area (Å²) in [5.74, 6) is 0.934. The maximum atomic E-state index is 13.1. The van der Waals surface area contributed by atoms with E-state index in [1.165, 1.54) is 180 Å². The summed E-state index contributed by atoms with van der Waals surface area (Å²) in [7, 11) is -9.91. The van der Waals surface area contributed by atoms with Crippen LogP contribution < -0.4 is 0 Å². The zero-order chi connectivity index (χ0) is 71.0. The number of aliphatic hydroxyl groups excluding tert-OH is 1. The predicted octanol–water partition coefficient (Wildman–Crippen LogP) is 22.4. The van der Waals surface area contributed by atoms with Gasteiger partial charge in [0.15, 0.2) is 12.2 Å². The van der Waals surface area contributed by atoms with Crippen molar-refractivity contribution in [3.8, 4) is 0 Å². The van der Waals surface area contributed by atoms with Gasteiger partial charge >= 0.3 is 39.5 Å². The number of carbonyl (C=O) groups excluding carboxylic acids is 4. The zero-order valence-corrected chi connectivity index (χ0v) is 64.8. The van der Waals surface area contributed by atoms with E-state index in [-0.39, 0.29) is 25.7 Å². The Bertz CT molecular complexity index is 1890. The van der Waals surface area contributed by atoms with Crippen molar-refractivity contribution in [1.82, 2.24) is 0 Å². The summed E-state index contributed by atoms with van der Waals surface area (Å²) in [4.78, 5) is 72.7. The molecule has 17 nitrogen and oxygen atoms in total. The maximum Gasteiger partial charge on any atom is 0.472 e. The standard InChI is InChI=1S/C77H150O17P2/c1-9-69(7)55-47-39-30-26-22-17-15-13-11-12-14-16-18-23-27-31-43-51-59-76(81)93-72(63-87-74(79)57-49-41-35-33-38-46-54-68(5)6)65-91-95(83,84)89-61-71(78)62-90-96(85,86)92-66-73(64-88-75(80)58-50-42-36-34-40-48-56-70(8)10-2)94-77(82)60-52-44-32-28-24-20-19-21-25-29-37-45-53-67(3)4/h67-73,78H,9-66H2,1-8H3,(H,83,84)(H,85,86)/t69?,70?,71-,72-,73-/m1/s1. The Labute approximate surface area is 588 Å². The molecule has 0 heterocycles. The molecule has 0 saturated heterocycles. The molecule has 0 radical (unpaired) electrons. The lowest BCUT2D eigenvalue weighted by atomic mass is 9.99. The summed E-state index contributed by atoms with van der Waals surface area (Å²) in [5, 5.41) is 10.6. The summed E-state index contributed by atoms with van der Waals surface area (Å²) >= 11 is 0. The van der Waals surface area contributed by atoms with Crippen LogP contribution in [0.5, 0.6) is 0 Å². The van der Waals surface area contributed by atoms with Crippen LogP contribution in [0.25, 0.3) is 0 Å². The van der Waals surface area contributed by atoms with Crippen LogP contribution in [0.1, 0.15) is 389 Å². The van der Waals surface area contributed by atoms with Gasteiger partial charge in [-0.25, -0.2) is 9.13 Å². The minimum Gasteiger partial charge on any atom is -0.462 e. The molecule has 4 unspecified atom stereocenters. The van der Waals surface area contributed by atoms with Gasteiger partial charge in [0, 0.05) is 25.7 Å². The van der Waals surface area contributed by atoms with Crippen molar-refractivity contribution in [1.29, 1.82) is 0 Å². The monoisotopic (exact) mass is 1410 g/mol. The van der Waals surface area contributed by atoms with Crippen LogP contribution in [-0.4, -0.2) is 96.7 Å². The SMILES string of the molecule is CCC(C)CCCCCCCCCCCCCCCCCCCCC(=O)O[C@H](COC(=O)CCCCCCCCC(C)C)COP(=O)(O)OC[C@@H](O)COP(=O)(O)OC[C@@H](COC(=O)CCCCCCCCC(C)CC)OC(=O)CCCCCCCCCCCCCCC(C)C. The fourth-order valence-corrected chi connectivity index (χ4v) is 13.2. The Morgan fingerprint density at radius 1 is 0.292 bits per heavy atom. The van der Waals surface area contributed by atoms with Crippen molar-refractivity contribution >= 4 is 39.5 Å². The largest absolute Gasteiger partial charge is 0.472 e. The van der Waals surface area contributed by atoms with Crippen LogP contribution in [-0.2, 0) is 65.4 Å². The Balaban J connectivity index is 5.15. The lowest BCUT2D eigenvalue weighted by Crippen LogP contribution is -2.30. The van der Waals surface area contributed by atoms with Crippen LogP contribution in [0.3, 0.4) is 0 Å². The molecule has 96 heavy (non-hydrogen) atoms. The molecular formula is C77H150O17P2. The van der Waals surface area contributed by atoms with Crippen LogP contribution in [0, 0.1) is 23.7 Å². The number of hydrogen-bond donors (Lipinski definition) is 3. The van der Waals surface area contributed by atoms with E-state index < -0.39 is 97.5 Å². The van der Waals surface area contributed by atoms with Gasteiger partial charge in [-0.1, -0.05) is 338 Å². The van der Waals surface area contributed by atoms with Gasteiger partial charge in [-0.05, 0) is 49.4 Å². The normalized spacial score (nSPS) is 14.7. The molecule has 0 spiro atoms. The van der Waals surface area contributed by atoms with E-state index in [9.17, 15) is 43.2 Å². The van der Waals surface area contributed by atoms with Gasteiger partial charge in [0.2, 0.25) is 0 Å². The average Bonchev–Trinajstić information content (AvgIpc) is 1.11. The molecule has 0 aliphatic heterocycles. The van der Waals surface area contributed by atoms with Gasteiger partial charge in [0.05, 0.1) is 26.4 Å². The third-order valence-electron chi connectivity index (χ3n) is 18.5. The molecule has 0 fully saturated rings. The third kappa shape index (κ3) is 67.9. The Hall–Kier alpha value is -1.94. The number of hydrogen-bond acceptors (Lipinski definition) is 15. The fraction of sp³-hybridized carbons (Fsp3) is 0.948. The van der Waals surface area contributed by atoms with Crippen molar-refractivity contribution < 1.29 is 80.2 Å².